The lowest BCUT2D eigenvalue weighted by atomic mass is 10.0. The number of carbonyl (C=O) groups excluding carboxylic acids is 1. The summed E-state index contributed by atoms with van der Waals surface area (Å²) >= 11 is 0. The van der Waals surface area contributed by atoms with Crippen LogP contribution in [0, 0.1) is 0 Å². The Bertz CT molecular complexity index is 178. The number of piperidine rings is 1. The molecule has 2 atom stereocenters. The van der Waals surface area contributed by atoms with Gasteiger partial charge in [-0.2, -0.15) is 0 Å². The van der Waals surface area contributed by atoms with Crippen molar-refractivity contribution in [2.24, 2.45) is 0 Å². The normalized spacial score (nSPS) is 24.3. The Labute approximate surface area is 85.8 Å². The van der Waals surface area contributed by atoms with E-state index in [1.54, 1.807) is 7.05 Å². The molecule has 0 saturated carbocycles. The Morgan fingerprint density at radius 3 is 2.93 bits per heavy atom. The fourth-order valence-electron chi connectivity index (χ4n) is 1.73. The van der Waals surface area contributed by atoms with Crippen molar-refractivity contribution in [3.05, 3.63) is 0 Å². The monoisotopic (exact) mass is 199 g/mol. The van der Waals surface area contributed by atoms with Gasteiger partial charge in [-0.1, -0.05) is 6.42 Å². The second-order valence-electron chi connectivity index (χ2n) is 3.89. The summed E-state index contributed by atoms with van der Waals surface area (Å²) in [5.74, 6) is 0.0563. The predicted molar refractivity (Wildman–Crippen MR) is 57.2 cm³/mol. The summed E-state index contributed by atoms with van der Waals surface area (Å²) in [4.78, 5) is 11.2. The molecule has 3 N–H and O–H groups in total. The lowest BCUT2D eigenvalue weighted by Gasteiger charge is -2.25. The van der Waals surface area contributed by atoms with Gasteiger partial charge in [0.2, 0.25) is 5.91 Å². The molecular weight excluding hydrogens is 178 g/mol. The number of nitrogens with one attached hydrogen (secondary N) is 3. The van der Waals surface area contributed by atoms with Gasteiger partial charge in [-0.05, 0) is 26.3 Å². The molecule has 0 bridgehead atoms. The third-order valence-electron chi connectivity index (χ3n) is 2.72. The molecule has 0 radical (unpaired) electrons. The maximum atomic E-state index is 11.2. The minimum absolute atomic E-state index is 0.0563. The fraction of sp³-hybridized carbons (Fsp3) is 0.900. The van der Waals surface area contributed by atoms with Crippen LogP contribution in [0.25, 0.3) is 0 Å². The second kappa shape index (κ2) is 5.98. The minimum atomic E-state index is -0.0938. The number of rotatable bonds is 4. The molecule has 0 aromatic carbocycles. The Morgan fingerprint density at radius 1 is 1.57 bits per heavy atom. The third kappa shape index (κ3) is 3.64. The van der Waals surface area contributed by atoms with Crippen molar-refractivity contribution in [1.82, 2.24) is 16.0 Å². The minimum Gasteiger partial charge on any atom is -0.358 e. The van der Waals surface area contributed by atoms with Gasteiger partial charge in [-0.25, -0.2) is 0 Å². The zero-order chi connectivity index (χ0) is 10.4. The highest BCUT2D eigenvalue weighted by atomic mass is 16.2. The number of hydrogen-bond donors (Lipinski definition) is 3. The number of likely N-dealkylation sites (N-methyl/N-ethyl adjacent to an activating group) is 1. The standard InChI is InChI=1S/C10H21N3O/c1-8(10(14)11-2)13-7-9-5-3-4-6-12-9/h8-9,12-13H,3-7H2,1-2H3,(H,11,14). The van der Waals surface area contributed by atoms with E-state index in [-0.39, 0.29) is 11.9 Å². The molecule has 1 rings (SSSR count). The van der Waals surface area contributed by atoms with Gasteiger partial charge in [-0.3, -0.25) is 4.79 Å². The molecule has 1 fully saturated rings. The Kier molecular flexibility index (Phi) is 4.90. The van der Waals surface area contributed by atoms with Crippen LogP contribution in [-0.2, 0) is 4.79 Å². The van der Waals surface area contributed by atoms with Gasteiger partial charge in [-0.15, -0.1) is 0 Å². The number of hydrogen-bond acceptors (Lipinski definition) is 3. The van der Waals surface area contributed by atoms with Gasteiger partial charge in [0.1, 0.15) is 0 Å². The van der Waals surface area contributed by atoms with Gasteiger partial charge in [0.25, 0.3) is 0 Å². The average molecular weight is 199 g/mol. The zero-order valence-corrected chi connectivity index (χ0v) is 9.10. The van der Waals surface area contributed by atoms with Crippen LogP contribution >= 0.6 is 0 Å². The van der Waals surface area contributed by atoms with Crippen LogP contribution in [-0.4, -0.2) is 38.1 Å². The number of amides is 1. The molecular formula is C10H21N3O. The van der Waals surface area contributed by atoms with Crippen molar-refractivity contribution in [3.63, 3.8) is 0 Å². The largest absolute Gasteiger partial charge is 0.358 e. The van der Waals surface area contributed by atoms with Crippen molar-refractivity contribution in [2.45, 2.75) is 38.3 Å². The lowest BCUT2D eigenvalue weighted by molar-refractivity contribution is -0.122. The smallest absolute Gasteiger partial charge is 0.236 e. The average Bonchev–Trinajstić information content (AvgIpc) is 2.26. The first-order valence-electron chi connectivity index (χ1n) is 5.42. The van der Waals surface area contributed by atoms with E-state index in [0.29, 0.717) is 6.04 Å². The predicted octanol–water partition coefficient (Wildman–Crippen LogP) is -0.147. The summed E-state index contributed by atoms with van der Waals surface area (Å²) in [6.45, 7) is 3.89. The highest BCUT2D eigenvalue weighted by Crippen LogP contribution is 2.05. The van der Waals surface area contributed by atoms with E-state index >= 15 is 0 Å². The molecule has 1 aliphatic heterocycles. The molecule has 1 aliphatic rings. The Hall–Kier alpha value is -0.610. The quantitative estimate of drug-likeness (QED) is 0.590. The summed E-state index contributed by atoms with van der Waals surface area (Å²) in [6, 6.07) is 0.444. The van der Waals surface area contributed by atoms with Crippen LogP contribution in [0.3, 0.4) is 0 Å². The molecule has 0 aliphatic carbocycles. The Morgan fingerprint density at radius 2 is 2.36 bits per heavy atom. The lowest BCUT2D eigenvalue weighted by Crippen LogP contribution is -2.48. The maximum absolute atomic E-state index is 11.2. The summed E-state index contributed by atoms with van der Waals surface area (Å²) in [5, 5.41) is 9.30. The van der Waals surface area contributed by atoms with Gasteiger partial charge >= 0.3 is 0 Å². The molecule has 1 saturated heterocycles. The van der Waals surface area contributed by atoms with E-state index in [0.717, 1.165) is 13.1 Å². The van der Waals surface area contributed by atoms with Crippen LogP contribution < -0.4 is 16.0 Å². The van der Waals surface area contributed by atoms with Gasteiger partial charge in [0.15, 0.2) is 0 Å². The van der Waals surface area contributed by atoms with E-state index in [1.165, 1.54) is 19.3 Å². The first kappa shape index (κ1) is 11.5. The number of carbonyl (C=O) groups is 1. The summed E-state index contributed by atoms with van der Waals surface area (Å²) in [5.41, 5.74) is 0. The van der Waals surface area contributed by atoms with Crippen molar-refractivity contribution in [1.29, 1.82) is 0 Å². The van der Waals surface area contributed by atoms with Crippen molar-refractivity contribution >= 4 is 5.91 Å². The highest BCUT2D eigenvalue weighted by molar-refractivity contribution is 5.80. The first-order valence-corrected chi connectivity index (χ1v) is 5.42. The molecule has 1 amide bonds. The van der Waals surface area contributed by atoms with E-state index in [4.69, 9.17) is 0 Å². The van der Waals surface area contributed by atoms with E-state index in [1.807, 2.05) is 6.92 Å². The SMILES string of the molecule is CNC(=O)C(C)NCC1CCCCN1. The van der Waals surface area contributed by atoms with Gasteiger partial charge in [0.05, 0.1) is 6.04 Å². The van der Waals surface area contributed by atoms with Crippen molar-refractivity contribution in [3.8, 4) is 0 Å². The van der Waals surface area contributed by atoms with Gasteiger partial charge in [0, 0.05) is 19.6 Å². The van der Waals surface area contributed by atoms with Gasteiger partial charge < -0.3 is 16.0 Å². The van der Waals surface area contributed by atoms with E-state index < -0.39 is 0 Å². The topological polar surface area (TPSA) is 53.2 Å². The summed E-state index contributed by atoms with van der Waals surface area (Å²) in [7, 11) is 1.67. The third-order valence-corrected chi connectivity index (χ3v) is 2.72. The molecule has 1 heterocycles. The van der Waals surface area contributed by atoms with E-state index in [9.17, 15) is 4.79 Å². The van der Waals surface area contributed by atoms with Crippen molar-refractivity contribution < 1.29 is 4.79 Å². The molecule has 82 valence electrons. The van der Waals surface area contributed by atoms with Crippen LogP contribution in [0.15, 0.2) is 0 Å². The second-order valence-corrected chi connectivity index (χ2v) is 3.89. The fourth-order valence-corrected chi connectivity index (χ4v) is 1.73. The van der Waals surface area contributed by atoms with E-state index in [2.05, 4.69) is 16.0 Å². The molecule has 2 unspecified atom stereocenters. The zero-order valence-electron chi connectivity index (χ0n) is 9.10. The maximum Gasteiger partial charge on any atom is 0.236 e. The van der Waals surface area contributed by atoms with Crippen LogP contribution in [0.1, 0.15) is 26.2 Å². The summed E-state index contributed by atoms with van der Waals surface area (Å²) < 4.78 is 0. The van der Waals surface area contributed by atoms with Crippen molar-refractivity contribution in [2.75, 3.05) is 20.1 Å². The molecule has 0 aromatic rings. The molecule has 14 heavy (non-hydrogen) atoms. The van der Waals surface area contributed by atoms with Crippen LogP contribution in [0.4, 0.5) is 0 Å². The first-order chi connectivity index (χ1) is 6.74. The molecule has 0 spiro atoms. The van der Waals surface area contributed by atoms with Crippen LogP contribution in [0.5, 0.6) is 0 Å². The molecule has 0 aromatic heterocycles. The highest BCUT2D eigenvalue weighted by Gasteiger charge is 2.15. The Balaban J connectivity index is 2.15. The van der Waals surface area contributed by atoms with Crippen LogP contribution in [0.2, 0.25) is 0 Å². The summed E-state index contributed by atoms with van der Waals surface area (Å²) in [6.07, 6.45) is 3.79. The molecule has 4 heteroatoms. The molecule has 4 nitrogen and oxygen atoms in total.